The second-order valence-electron chi connectivity index (χ2n) is 3.84. The molecule has 6 heteroatoms. The van der Waals surface area contributed by atoms with Crippen molar-refractivity contribution in [1.29, 1.82) is 0 Å². The van der Waals surface area contributed by atoms with Crippen molar-refractivity contribution in [3.05, 3.63) is 40.6 Å². The van der Waals surface area contributed by atoms with Crippen LogP contribution in [0.4, 0.5) is 5.69 Å². The number of carbonyl (C=O) groups is 1. The second-order valence-corrected chi connectivity index (χ2v) is 4.56. The molecule has 5 nitrogen and oxygen atoms in total. The molecule has 0 bridgehead atoms. The number of pyridine rings is 1. The third kappa shape index (κ3) is 3.81. The van der Waals surface area contributed by atoms with Gasteiger partial charge in [-0.25, -0.2) is 4.98 Å². The van der Waals surface area contributed by atoms with Crippen LogP contribution in [-0.2, 0) is 17.6 Å². The molecule has 0 aliphatic heterocycles. The molecule has 0 unspecified atom stereocenters. The van der Waals surface area contributed by atoms with Crippen LogP contribution in [0.15, 0.2) is 29.2 Å². The summed E-state index contributed by atoms with van der Waals surface area (Å²) >= 11 is 1.56. The van der Waals surface area contributed by atoms with E-state index in [1.165, 1.54) is 0 Å². The van der Waals surface area contributed by atoms with Gasteiger partial charge in [0.05, 0.1) is 29.5 Å². The molecule has 0 spiro atoms. The van der Waals surface area contributed by atoms with Crippen molar-refractivity contribution in [2.45, 2.75) is 12.8 Å². The van der Waals surface area contributed by atoms with E-state index < -0.39 is 0 Å². The zero-order valence-electron chi connectivity index (χ0n) is 9.80. The van der Waals surface area contributed by atoms with Crippen LogP contribution in [0.3, 0.4) is 0 Å². The summed E-state index contributed by atoms with van der Waals surface area (Å²) in [5.74, 6) is -0.0394. The number of nitrogens with two attached hydrogens (primary N) is 1. The Morgan fingerprint density at radius 2 is 2.22 bits per heavy atom. The van der Waals surface area contributed by atoms with Gasteiger partial charge in [-0.15, -0.1) is 11.3 Å². The molecule has 2 aromatic heterocycles. The summed E-state index contributed by atoms with van der Waals surface area (Å²) in [4.78, 5) is 19.9. The maximum Gasteiger partial charge on any atom is 0.226 e. The van der Waals surface area contributed by atoms with Gasteiger partial charge in [-0.1, -0.05) is 0 Å². The van der Waals surface area contributed by atoms with E-state index in [9.17, 15) is 4.79 Å². The van der Waals surface area contributed by atoms with Crippen molar-refractivity contribution >= 4 is 22.9 Å². The maximum absolute atomic E-state index is 11.6. The lowest BCUT2D eigenvalue weighted by Gasteiger charge is -2.04. The summed E-state index contributed by atoms with van der Waals surface area (Å²) < 4.78 is 0. The molecule has 2 rings (SSSR count). The average molecular weight is 262 g/mol. The first-order valence-electron chi connectivity index (χ1n) is 5.58. The Morgan fingerprint density at radius 1 is 1.33 bits per heavy atom. The number of amides is 1. The number of rotatable bonds is 5. The Balaban J connectivity index is 1.73. The monoisotopic (exact) mass is 262 g/mol. The predicted molar refractivity (Wildman–Crippen MR) is 71.2 cm³/mol. The van der Waals surface area contributed by atoms with Gasteiger partial charge in [-0.05, 0) is 12.1 Å². The zero-order valence-corrected chi connectivity index (χ0v) is 10.6. The van der Waals surface area contributed by atoms with Crippen LogP contribution < -0.4 is 11.1 Å². The number of carbonyl (C=O) groups excluding carboxylic acids is 1. The summed E-state index contributed by atoms with van der Waals surface area (Å²) in [7, 11) is 0. The van der Waals surface area contributed by atoms with Crippen molar-refractivity contribution < 1.29 is 4.79 Å². The number of thiazole rings is 1. The van der Waals surface area contributed by atoms with Crippen LogP contribution in [0.25, 0.3) is 0 Å². The summed E-state index contributed by atoms with van der Waals surface area (Å²) in [5, 5.41) is 4.82. The molecule has 0 radical (unpaired) electrons. The minimum absolute atomic E-state index is 0.0394. The Labute approximate surface area is 109 Å². The van der Waals surface area contributed by atoms with Crippen LogP contribution in [0.5, 0.6) is 0 Å². The Bertz CT molecular complexity index is 495. The highest BCUT2D eigenvalue weighted by molar-refractivity contribution is 7.07. The first-order chi connectivity index (χ1) is 8.74. The molecule has 0 saturated carbocycles. The molecular formula is C12H14N4OS. The Morgan fingerprint density at radius 3 is 2.89 bits per heavy atom. The van der Waals surface area contributed by atoms with Gasteiger partial charge >= 0.3 is 0 Å². The molecule has 2 heterocycles. The van der Waals surface area contributed by atoms with Crippen molar-refractivity contribution in [2.24, 2.45) is 0 Å². The molecule has 0 fully saturated rings. The maximum atomic E-state index is 11.6. The van der Waals surface area contributed by atoms with Gasteiger partial charge < -0.3 is 11.1 Å². The summed E-state index contributed by atoms with van der Waals surface area (Å²) in [6.07, 6.45) is 2.58. The van der Waals surface area contributed by atoms with Crippen molar-refractivity contribution in [3.8, 4) is 0 Å². The number of hydrogen-bond acceptors (Lipinski definition) is 5. The van der Waals surface area contributed by atoms with Gasteiger partial charge in [-0.3, -0.25) is 9.78 Å². The van der Waals surface area contributed by atoms with Gasteiger partial charge in [-0.2, -0.15) is 0 Å². The highest BCUT2D eigenvalue weighted by Gasteiger charge is 2.04. The van der Waals surface area contributed by atoms with Gasteiger partial charge in [0.25, 0.3) is 0 Å². The standard InChI is InChI=1S/C12H14N4OS/c13-9-1-2-10(15-6-9)5-12(17)14-4-3-11-7-18-8-16-11/h1-2,6-8H,3-5,13H2,(H,14,17). The van der Waals surface area contributed by atoms with Crippen LogP contribution >= 0.6 is 11.3 Å². The van der Waals surface area contributed by atoms with Crippen molar-refractivity contribution in [3.63, 3.8) is 0 Å². The number of anilines is 1. The lowest BCUT2D eigenvalue weighted by Crippen LogP contribution is -2.27. The van der Waals surface area contributed by atoms with Crippen LogP contribution in [-0.4, -0.2) is 22.4 Å². The van der Waals surface area contributed by atoms with Crippen LogP contribution in [0.2, 0.25) is 0 Å². The Hall–Kier alpha value is -1.95. The number of nitrogen functional groups attached to an aromatic ring is 1. The molecule has 18 heavy (non-hydrogen) atoms. The fourth-order valence-corrected chi connectivity index (χ4v) is 2.05. The van der Waals surface area contributed by atoms with Gasteiger partial charge in [0.15, 0.2) is 0 Å². The molecule has 0 aromatic carbocycles. The van der Waals surface area contributed by atoms with E-state index in [-0.39, 0.29) is 12.3 Å². The van der Waals surface area contributed by atoms with E-state index in [0.717, 1.165) is 17.8 Å². The third-order valence-electron chi connectivity index (χ3n) is 2.38. The van der Waals surface area contributed by atoms with Crippen molar-refractivity contribution in [2.75, 3.05) is 12.3 Å². The molecular weight excluding hydrogens is 248 g/mol. The number of nitrogens with zero attached hydrogens (tertiary/aromatic N) is 2. The van der Waals surface area contributed by atoms with E-state index in [2.05, 4.69) is 15.3 Å². The number of hydrogen-bond donors (Lipinski definition) is 2. The molecule has 0 aliphatic carbocycles. The van der Waals surface area contributed by atoms with Crippen LogP contribution in [0.1, 0.15) is 11.4 Å². The lowest BCUT2D eigenvalue weighted by molar-refractivity contribution is -0.120. The zero-order chi connectivity index (χ0) is 12.8. The summed E-state index contributed by atoms with van der Waals surface area (Å²) in [6, 6.07) is 3.50. The van der Waals surface area contributed by atoms with E-state index in [0.29, 0.717) is 12.2 Å². The van der Waals surface area contributed by atoms with Crippen LogP contribution in [0, 0.1) is 0 Å². The Kier molecular flexibility index (Phi) is 4.25. The average Bonchev–Trinajstić information content (AvgIpc) is 2.85. The molecule has 0 aliphatic rings. The number of nitrogens with one attached hydrogen (secondary N) is 1. The van der Waals surface area contributed by atoms with E-state index >= 15 is 0 Å². The number of aromatic nitrogens is 2. The first-order valence-corrected chi connectivity index (χ1v) is 6.52. The van der Waals surface area contributed by atoms with E-state index in [1.807, 2.05) is 5.38 Å². The lowest BCUT2D eigenvalue weighted by atomic mass is 10.2. The molecule has 94 valence electrons. The fraction of sp³-hybridized carbons (Fsp3) is 0.250. The SMILES string of the molecule is Nc1ccc(CC(=O)NCCc2cscn2)nc1. The highest BCUT2D eigenvalue weighted by atomic mass is 32.1. The normalized spacial score (nSPS) is 10.2. The van der Waals surface area contributed by atoms with Gasteiger partial charge in [0.2, 0.25) is 5.91 Å². The second kappa shape index (κ2) is 6.11. The minimum atomic E-state index is -0.0394. The quantitative estimate of drug-likeness (QED) is 0.843. The molecule has 2 aromatic rings. The van der Waals surface area contributed by atoms with Gasteiger partial charge in [0, 0.05) is 24.0 Å². The molecule has 0 saturated heterocycles. The van der Waals surface area contributed by atoms with E-state index in [4.69, 9.17) is 5.73 Å². The topological polar surface area (TPSA) is 80.9 Å². The van der Waals surface area contributed by atoms with Gasteiger partial charge in [0.1, 0.15) is 0 Å². The summed E-state index contributed by atoms with van der Waals surface area (Å²) in [6.45, 7) is 0.595. The van der Waals surface area contributed by atoms with E-state index in [1.54, 1.807) is 35.2 Å². The van der Waals surface area contributed by atoms with Crippen molar-refractivity contribution in [1.82, 2.24) is 15.3 Å². The molecule has 3 N–H and O–H groups in total. The highest BCUT2D eigenvalue weighted by Crippen LogP contribution is 2.02. The predicted octanol–water partition coefficient (Wildman–Crippen LogP) is 1.02. The fourth-order valence-electron chi connectivity index (χ4n) is 1.46. The molecule has 0 atom stereocenters. The molecule has 1 amide bonds. The largest absolute Gasteiger partial charge is 0.397 e. The summed E-state index contributed by atoms with van der Waals surface area (Å²) in [5.41, 5.74) is 9.63. The smallest absolute Gasteiger partial charge is 0.226 e. The first kappa shape index (κ1) is 12.5. The third-order valence-corrected chi connectivity index (χ3v) is 3.01. The minimum Gasteiger partial charge on any atom is -0.397 e.